The molecule has 0 atom stereocenters. The van der Waals surface area contributed by atoms with Crippen LogP contribution in [0.25, 0.3) is 0 Å². The minimum atomic E-state index is -2.20. The molecule has 0 nitrogen and oxygen atoms in total. The maximum absolute atomic E-state index is 10.3. The van der Waals surface area contributed by atoms with Crippen molar-refractivity contribution in [1.82, 2.24) is 0 Å². The van der Waals surface area contributed by atoms with Gasteiger partial charge in [-0.05, 0) is 0 Å². The molecule has 0 aliphatic rings. The van der Waals surface area contributed by atoms with Crippen molar-refractivity contribution in [3.8, 4) is 0 Å². The van der Waals surface area contributed by atoms with Gasteiger partial charge in [0.15, 0.2) is 0 Å². The van der Waals surface area contributed by atoms with E-state index >= 15 is 0 Å². The fourth-order valence-corrected chi connectivity index (χ4v) is 0. The van der Waals surface area contributed by atoms with Crippen LogP contribution in [0, 0.1) is 0 Å². The minimum absolute atomic E-state index is 0. The van der Waals surface area contributed by atoms with Gasteiger partial charge in [-0.1, -0.05) is 44.7 Å². The predicted molar refractivity (Wildman–Crippen MR) is 49.7 cm³/mol. The Balaban J connectivity index is -0.0000000720. The summed E-state index contributed by atoms with van der Waals surface area (Å²) in [6.07, 6.45) is 0. The van der Waals surface area contributed by atoms with Crippen LogP contribution in [0.3, 0.4) is 0 Å². The van der Waals surface area contributed by atoms with E-state index in [-0.39, 0.29) is 29.6 Å². The Bertz CT molecular complexity index is 32.0. The van der Waals surface area contributed by atoms with Gasteiger partial charge in [0.05, 0.1) is 0 Å². The number of hydrogen-bond donors (Lipinski definition) is 0. The Kier molecular flexibility index (Phi) is 25.0. The van der Waals surface area contributed by atoms with E-state index < -0.39 is 10.2 Å². The zero-order valence-electron chi connectivity index (χ0n) is 4.42. The van der Waals surface area contributed by atoms with E-state index in [2.05, 4.69) is 0 Å². The third kappa shape index (κ3) is 133. The van der Waals surface area contributed by atoms with Crippen molar-refractivity contribution in [3.63, 3.8) is 0 Å². The Morgan fingerprint density at radius 2 is 0.778 bits per heavy atom. The van der Waals surface area contributed by atoms with Gasteiger partial charge in [-0.15, -0.1) is 0 Å². The molecular formula is B2F4I2Na. The van der Waals surface area contributed by atoms with Crippen LogP contribution in [0.2, 0.25) is 0 Å². The van der Waals surface area contributed by atoms with E-state index in [1.807, 2.05) is 0 Å². The van der Waals surface area contributed by atoms with Gasteiger partial charge in [0.1, 0.15) is 0 Å². The van der Waals surface area contributed by atoms with Gasteiger partial charge in [-0.2, -0.15) is 0 Å². The topological polar surface area (TPSA) is 0 Å². The summed E-state index contributed by atoms with van der Waals surface area (Å²) in [6, 6.07) is 0. The van der Waals surface area contributed by atoms with Crippen LogP contribution >= 0.6 is 44.7 Å². The van der Waals surface area contributed by atoms with Gasteiger partial charge in [0, 0.05) is 29.6 Å². The van der Waals surface area contributed by atoms with E-state index in [0.29, 0.717) is 0 Å². The fourth-order valence-electron chi connectivity index (χ4n) is 0. The summed E-state index contributed by atoms with van der Waals surface area (Å²) in [4.78, 5) is 0. The second-order valence-corrected chi connectivity index (χ2v) is 2.38. The second kappa shape index (κ2) is 12.9. The molecule has 0 heterocycles. The first kappa shape index (κ1) is 17.4. The van der Waals surface area contributed by atoms with Gasteiger partial charge in [0.25, 0.3) is 0 Å². The monoisotopic (exact) mass is 375 g/mol. The van der Waals surface area contributed by atoms with Crippen molar-refractivity contribution in [3.05, 3.63) is 0 Å². The van der Waals surface area contributed by atoms with E-state index in [0.717, 1.165) is 44.7 Å². The predicted octanol–water partition coefficient (Wildman–Crippen LogP) is 2.31. The van der Waals surface area contributed by atoms with Crippen molar-refractivity contribution in [2.75, 3.05) is 0 Å². The molecule has 9 heavy (non-hydrogen) atoms. The third-order valence-corrected chi connectivity index (χ3v) is 0. The molecule has 49 valence electrons. The molecular weight excluding hydrogens is 374 g/mol. The van der Waals surface area contributed by atoms with E-state index in [1.54, 1.807) is 0 Å². The van der Waals surface area contributed by atoms with E-state index in [9.17, 15) is 17.3 Å². The molecule has 9 heteroatoms. The molecule has 0 spiro atoms. The Morgan fingerprint density at radius 3 is 0.778 bits per heavy atom. The Labute approximate surface area is 100 Å². The maximum atomic E-state index is 10.3. The molecule has 0 aromatic heterocycles. The molecule has 0 aromatic carbocycles. The average Bonchev–Trinajstić information content (AvgIpc) is 1.25. The summed E-state index contributed by atoms with van der Waals surface area (Å²) in [7, 11) is 0. The number of hydrogen-bond acceptors (Lipinski definition) is 0. The van der Waals surface area contributed by atoms with E-state index in [4.69, 9.17) is 0 Å². The average molecular weight is 374 g/mol. The molecule has 0 fully saturated rings. The van der Waals surface area contributed by atoms with Crippen LogP contribution in [0.5, 0.6) is 0 Å². The van der Waals surface area contributed by atoms with Gasteiger partial charge >= 0.3 is 10.2 Å². The van der Waals surface area contributed by atoms with Crippen molar-refractivity contribution in [2.45, 2.75) is 0 Å². The molecule has 0 rings (SSSR count). The first-order valence-electron chi connectivity index (χ1n) is 1.31. The second-order valence-electron chi connectivity index (χ2n) is 0.495. The van der Waals surface area contributed by atoms with Crippen LogP contribution < -0.4 is 0 Å². The molecule has 0 aromatic rings. The summed E-state index contributed by atoms with van der Waals surface area (Å²) in [5.41, 5.74) is 0. The van der Waals surface area contributed by atoms with Crippen LogP contribution in [-0.2, 0) is 0 Å². The SMILES string of the molecule is FB(F)I.FB(F)I.[Na]. The summed E-state index contributed by atoms with van der Waals surface area (Å²) < 4.78 is 41.3. The molecule has 0 aliphatic heterocycles. The quantitative estimate of drug-likeness (QED) is 0.347. The molecule has 0 unspecified atom stereocenters. The molecule has 0 N–H and O–H groups in total. The number of halogens is 6. The standard InChI is InChI=1S/2BF2I.Na/c2*2-1(3)4;. The smallest absolute Gasteiger partial charge is 0.275 e. The summed E-state index contributed by atoms with van der Waals surface area (Å²) in [5, 5.41) is -4.39. The normalized spacial score (nSPS) is 6.00. The zero-order valence-corrected chi connectivity index (χ0v) is 10.7. The van der Waals surface area contributed by atoms with Crippen LogP contribution in [0.1, 0.15) is 0 Å². The molecule has 0 saturated heterocycles. The summed E-state index contributed by atoms with van der Waals surface area (Å²) in [6.45, 7) is 0. The zero-order chi connectivity index (χ0) is 7.15. The largest absolute Gasteiger partial charge is 0.608 e. The fraction of sp³-hybridized carbons (Fsp3) is 0. The molecule has 0 aliphatic carbocycles. The summed E-state index contributed by atoms with van der Waals surface area (Å²) >= 11 is 2.02. The first-order chi connectivity index (χ1) is 3.46. The van der Waals surface area contributed by atoms with Crippen LogP contribution in [-0.4, -0.2) is 39.8 Å². The molecule has 1 radical (unpaired) electrons. The first-order valence-corrected chi connectivity index (χ1v) is 3.80. The van der Waals surface area contributed by atoms with Crippen LogP contribution in [0.15, 0.2) is 0 Å². The number of rotatable bonds is 0. The molecule has 0 amide bonds. The van der Waals surface area contributed by atoms with E-state index in [1.165, 1.54) is 0 Å². The minimum Gasteiger partial charge on any atom is -0.275 e. The molecule has 0 bridgehead atoms. The van der Waals surface area contributed by atoms with Gasteiger partial charge in [0.2, 0.25) is 0 Å². The third-order valence-electron chi connectivity index (χ3n) is 0. The van der Waals surface area contributed by atoms with Crippen molar-refractivity contribution < 1.29 is 17.3 Å². The van der Waals surface area contributed by atoms with Gasteiger partial charge < -0.3 is 0 Å². The van der Waals surface area contributed by atoms with Crippen LogP contribution in [0.4, 0.5) is 17.3 Å². The van der Waals surface area contributed by atoms with Crippen molar-refractivity contribution >= 4 is 84.6 Å². The molecule has 0 saturated carbocycles. The van der Waals surface area contributed by atoms with Gasteiger partial charge in [-0.3, -0.25) is 17.3 Å². The van der Waals surface area contributed by atoms with Gasteiger partial charge in [-0.25, -0.2) is 0 Å². The van der Waals surface area contributed by atoms with Crippen molar-refractivity contribution in [2.24, 2.45) is 0 Å². The maximum Gasteiger partial charge on any atom is 0.608 e. The Morgan fingerprint density at radius 1 is 0.778 bits per heavy atom. The summed E-state index contributed by atoms with van der Waals surface area (Å²) in [5.74, 6) is 0. The Hall–Kier alpha value is 2.31. The van der Waals surface area contributed by atoms with Crippen molar-refractivity contribution in [1.29, 1.82) is 0 Å².